The molecule has 1 saturated heterocycles. The number of nitrogens with one attached hydrogen (secondary N) is 1. The zero-order valence-electron chi connectivity index (χ0n) is 19.3. The van der Waals surface area contributed by atoms with Gasteiger partial charge in [-0.1, -0.05) is 12.1 Å². The molecule has 1 aliphatic rings. The molecular formula is C26H23F2N5O2. The number of benzene rings is 1. The topological polar surface area (TPSA) is 99.0 Å². The van der Waals surface area contributed by atoms with E-state index in [-0.39, 0.29) is 0 Å². The van der Waals surface area contributed by atoms with Crippen molar-refractivity contribution in [3.05, 3.63) is 71.2 Å². The van der Waals surface area contributed by atoms with Crippen LogP contribution in [0.4, 0.5) is 8.78 Å². The van der Waals surface area contributed by atoms with E-state index in [9.17, 15) is 18.4 Å². The lowest BCUT2D eigenvalue weighted by Gasteiger charge is -2.19. The fourth-order valence-electron chi connectivity index (χ4n) is 4.03. The molecule has 0 bridgehead atoms. The van der Waals surface area contributed by atoms with Gasteiger partial charge in [0.25, 0.3) is 11.8 Å². The summed E-state index contributed by atoms with van der Waals surface area (Å²) in [6.07, 6.45) is 4.56. The number of fused-ring (bicyclic) bond motifs is 1. The van der Waals surface area contributed by atoms with Crippen LogP contribution in [0.25, 0.3) is 22.6 Å². The molecule has 35 heavy (non-hydrogen) atoms. The van der Waals surface area contributed by atoms with Crippen LogP contribution in [0, 0.1) is 18.3 Å². The van der Waals surface area contributed by atoms with Crippen molar-refractivity contribution < 1.29 is 18.4 Å². The molecule has 178 valence electrons. The average molecular weight is 475 g/mol. The van der Waals surface area contributed by atoms with E-state index in [1.54, 1.807) is 18.3 Å². The number of pyridine rings is 2. The summed E-state index contributed by atoms with van der Waals surface area (Å²) in [7, 11) is 0. The number of hydrogen-bond donors (Lipinski definition) is 1. The highest BCUT2D eigenvalue weighted by molar-refractivity contribution is 6.07. The van der Waals surface area contributed by atoms with Crippen LogP contribution in [0.1, 0.15) is 40.5 Å². The first-order chi connectivity index (χ1) is 16.7. The lowest BCUT2D eigenvalue weighted by atomic mass is 10.00. The Morgan fingerprint density at radius 3 is 2.77 bits per heavy atom. The van der Waals surface area contributed by atoms with E-state index in [0.29, 0.717) is 16.5 Å². The monoisotopic (exact) mass is 475 g/mol. The van der Waals surface area contributed by atoms with Gasteiger partial charge in [0.1, 0.15) is 6.04 Å². The summed E-state index contributed by atoms with van der Waals surface area (Å²) >= 11 is 0. The van der Waals surface area contributed by atoms with Gasteiger partial charge in [-0.05, 0) is 60.9 Å². The molecule has 0 aliphatic carbocycles. The van der Waals surface area contributed by atoms with Crippen molar-refractivity contribution in [3.63, 3.8) is 0 Å². The normalized spacial score (nSPS) is 17.3. The SMILES string of the molecule is C/C(=C\c1ccc(C)nc1)c1ccc2nccc(C(=O)NCC(=O)N3CC(F)(F)C[C@H]3C#N)c2c1. The third-order valence-electron chi connectivity index (χ3n) is 5.90. The Balaban J connectivity index is 1.54. The fraction of sp³-hybridized carbons (Fsp3) is 0.269. The van der Waals surface area contributed by atoms with E-state index in [1.165, 1.54) is 12.3 Å². The van der Waals surface area contributed by atoms with Crippen molar-refractivity contribution >= 4 is 34.4 Å². The second kappa shape index (κ2) is 9.58. The maximum atomic E-state index is 13.6. The molecule has 7 nitrogen and oxygen atoms in total. The second-order valence-electron chi connectivity index (χ2n) is 8.56. The number of halogens is 2. The van der Waals surface area contributed by atoms with Crippen LogP contribution in [-0.2, 0) is 4.79 Å². The number of amides is 2. The number of aryl methyl sites for hydroxylation is 1. The van der Waals surface area contributed by atoms with Crippen molar-refractivity contribution in [3.8, 4) is 6.07 Å². The highest BCUT2D eigenvalue weighted by atomic mass is 19.3. The van der Waals surface area contributed by atoms with Crippen LogP contribution in [0.5, 0.6) is 0 Å². The van der Waals surface area contributed by atoms with Crippen molar-refractivity contribution in [2.75, 3.05) is 13.1 Å². The molecule has 9 heteroatoms. The van der Waals surface area contributed by atoms with E-state index in [0.717, 1.165) is 27.3 Å². The molecule has 1 atom stereocenters. The van der Waals surface area contributed by atoms with E-state index in [2.05, 4.69) is 15.3 Å². The number of alkyl halides is 2. The van der Waals surface area contributed by atoms with Crippen LogP contribution in [-0.4, -0.2) is 51.7 Å². The van der Waals surface area contributed by atoms with Crippen LogP contribution < -0.4 is 5.32 Å². The number of carbonyl (C=O) groups is 2. The number of nitriles is 1. The molecular weight excluding hydrogens is 452 g/mol. The predicted molar refractivity (Wildman–Crippen MR) is 127 cm³/mol. The standard InChI is InChI=1S/C26H23F2N5O2/c1-16(9-18-4-3-17(2)31-13-18)19-5-6-23-22(10-19)21(7-8-30-23)25(35)32-14-24(34)33-15-26(27,28)11-20(33)12-29/h3-10,13,20H,11,14-15H2,1-2H3,(H,32,35)/b16-9+/t20-/m0/s1. The van der Waals surface area contributed by atoms with Crippen molar-refractivity contribution in [1.82, 2.24) is 20.2 Å². The summed E-state index contributed by atoms with van der Waals surface area (Å²) in [6, 6.07) is 11.5. The Hall–Kier alpha value is -4.19. The van der Waals surface area contributed by atoms with E-state index >= 15 is 0 Å². The Morgan fingerprint density at radius 2 is 2.06 bits per heavy atom. The summed E-state index contributed by atoms with van der Waals surface area (Å²) < 4.78 is 27.3. The number of aromatic nitrogens is 2. The van der Waals surface area contributed by atoms with Gasteiger partial charge in [-0.15, -0.1) is 0 Å². The molecule has 2 aromatic heterocycles. The Bertz CT molecular complexity index is 1360. The van der Waals surface area contributed by atoms with Crippen LogP contribution in [0.15, 0.2) is 48.8 Å². The largest absolute Gasteiger partial charge is 0.343 e. The molecule has 3 heterocycles. The minimum Gasteiger partial charge on any atom is -0.343 e. The quantitative estimate of drug-likeness (QED) is 0.602. The highest BCUT2D eigenvalue weighted by Gasteiger charge is 2.47. The van der Waals surface area contributed by atoms with E-state index in [1.807, 2.05) is 44.2 Å². The highest BCUT2D eigenvalue weighted by Crippen LogP contribution is 2.31. The Kier molecular flexibility index (Phi) is 6.56. The summed E-state index contributed by atoms with van der Waals surface area (Å²) in [6.45, 7) is 2.55. The second-order valence-corrected chi connectivity index (χ2v) is 8.56. The predicted octanol–water partition coefficient (Wildman–Crippen LogP) is 3.99. The molecule has 4 rings (SSSR count). The first-order valence-electron chi connectivity index (χ1n) is 11.0. The minimum absolute atomic E-state index is 0.304. The lowest BCUT2D eigenvalue weighted by Crippen LogP contribution is -2.43. The van der Waals surface area contributed by atoms with E-state index in [4.69, 9.17) is 5.26 Å². The molecule has 3 aromatic rings. The van der Waals surface area contributed by atoms with Crippen molar-refractivity contribution in [2.45, 2.75) is 32.2 Å². The summed E-state index contributed by atoms with van der Waals surface area (Å²) in [5.74, 6) is -4.38. The number of nitrogens with zero attached hydrogens (tertiary/aromatic N) is 4. The average Bonchev–Trinajstić information content (AvgIpc) is 3.17. The van der Waals surface area contributed by atoms with Crippen LogP contribution in [0.3, 0.4) is 0 Å². The third-order valence-corrected chi connectivity index (χ3v) is 5.90. The van der Waals surface area contributed by atoms with Gasteiger partial charge < -0.3 is 10.2 Å². The molecule has 1 N–H and O–H groups in total. The van der Waals surface area contributed by atoms with Gasteiger partial charge in [0, 0.05) is 29.9 Å². The molecule has 1 fully saturated rings. The van der Waals surface area contributed by atoms with Crippen LogP contribution in [0.2, 0.25) is 0 Å². The summed E-state index contributed by atoms with van der Waals surface area (Å²) in [5, 5.41) is 12.2. The van der Waals surface area contributed by atoms with Crippen molar-refractivity contribution in [2.24, 2.45) is 0 Å². The van der Waals surface area contributed by atoms with Gasteiger partial charge >= 0.3 is 0 Å². The van der Waals surface area contributed by atoms with Gasteiger partial charge in [0.15, 0.2) is 0 Å². The number of carbonyl (C=O) groups excluding carboxylic acids is 2. The van der Waals surface area contributed by atoms with Gasteiger partial charge in [0.2, 0.25) is 5.91 Å². The van der Waals surface area contributed by atoms with Gasteiger partial charge in [-0.3, -0.25) is 19.6 Å². The minimum atomic E-state index is -3.11. The molecule has 0 radical (unpaired) electrons. The first kappa shape index (κ1) is 24.0. The molecule has 2 amide bonds. The van der Waals surface area contributed by atoms with E-state index < -0.39 is 43.3 Å². The van der Waals surface area contributed by atoms with Crippen molar-refractivity contribution in [1.29, 1.82) is 5.26 Å². The lowest BCUT2D eigenvalue weighted by molar-refractivity contribution is -0.131. The summed E-state index contributed by atoms with van der Waals surface area (Å²) in [4.78, 5) is 34.8. The zero-order valence-corrected chi connectivity index (χ0v) is 19.3. The Labute approximate surface area is 201 Å². The van der Waals surface area contributed by atoms with Gasteiger partial charge in [-0.25, -0.2) is 8.78 Å². The number of likely N-dealkylation sites (tertiary alicyclic amines) is 1. The van der Waals surface area contributed by atoms with Crippen LogP contribution >= 0.6 is 0 Å². The maximum Gasteiger partial charge on any atom is 0.268 e. The number of rotatable bonds is 5. The molecule has 0 spiro atoms. The third kappa shape index (κ3) is 5.32. The zero-order chi connectivity index (χ0) is 25.2. The van der Waals surface area contributed by atoms with Gasteiger partial charge in [0.05, 0.1) is 30.2 Å². The summed E-state index contributed by atoms with van der Waals surface area (Å²) in [5.41, 5.74) is 4.61. The molecule has 0 unspecified atom stereocenters. The maximum absolute atomic E-state index is 13.6. The first-order valence-corrected chi connectivity index (χ1v) is 11.0. The molecule has 1 aliphatic heterocycles. The Morgan fingerprint density at radius 1 is 1.26 bits per heavy atom. The fourth-order valence-corrected chi connectivity index (χ4v) is 4.03. The molecule has 1 aromatic carbocycles. The smallest absolute Gasteiger partial charge is 0.268 e. The van der Waals surface area contributed by atoms with Gasteiger partial charge in [-0.2, -0.15) is 5.26 Å². The number of hydrogen-bond acceptors (Lipinski definition) is 5. The number of allylic oxidation sites excluding steroid dienone is 1. The molecule has 0 saturated carbocycles.